The second-order valence-corrected chi connectivity index (χ2v) is 4.49. The maximum atomic E-state index is 11.7. The molecule has 1 heterocycles. The van der Waals surface area contributed by atoms with Crippen LogP contribution in [0, 0.1) is 0 Å². The third kappa shape index (κ3) is 2.55. The van der Waals surface area contributed by atoms with Gasteiger partial charge >= 0.3 is 0 Å². The smallest absolute Gasteiger partial charge is 0.263 e. The molecule has 1 saturated heterocycles. The molecule has 4 nitrogen and oxygen atoms in total. The summed E-state index contributed by atoms with van der Waals surface area (Å²) < 4.78 is 5.64. The van der Waals surface area contributed by atoms with Crippen molar-refractivity contribution in [2.75, 3.05) is 13.6 Å². The van der Waals surface area contributed by atoms with Crippen molar-refractivity contribution < 1.29 is 9.53 Å². The average Bonchev–Trinajstić information content (AvgIpc) is 2.61. The van der Waals surface area contributed by atoms with Crippen LogP contribution in [0.1, 0.15) is 12.0 Å². The summed E-state index contributed by atoms with van der Waals surface area (Å²) >= 11 is 4.89. The van der Waals surface area contributed by atoms with Crippen LogP contribution in [0.2, 0.25) is 0 Å². The van der Waals surface area contributed by atoms with Gasteiger partial charge in [-0.15, -0.1) is 0 Å². The Morgan fingerprint density at radius 3 is 2.94 bits per heavy atom. The zero-order valence-electron chi connectivity index (χ0n) is 9.55. The van der Waals surface area contributed by atoms with Gasteiger partial charge in [0.2, 0.25) is 0 Å². The summed E-state index contributed by atoms with van der Waals surface area (Å²) in [5.41, 5.74) is 6.29. The number of nitrogens with zero attached hydrogens (tertiary/aromatic N) is 1. The van der Waals surface area contributed by atoms with E-state index < -0.39 is 0 Å². The van der Waals surface area contributed by atoms with E-state index in [1.165, 1.54) is 0 Å². The molecule has 5 heteroatoms. The molecule has 1 unspecified atom stereocenters. The summed E-state index contributed by atoms with van der Waals surface area (Å²) in [6, 6.07) is 7.19. The number of carbonyl (C=O) groups is 1. The molecule has 0 bridgehead atoms. The van der Waals surface area contributed by atoms with E-state index in [0.717, 1.165) is 12.1 Å². The van der Waals surface area contributed by atoms with Crippen molar-refractivity contribution >= 4 is 23.1 Å². The predicted octanol–water partition coefficient (Wildman–Crippen LogP) is 0.930. The van der Waals surface area contributed by atoms with Crippen LogP contribution < -0.4 is 10.5 Å². The van der Waals surface area contributed by atoms with Crippen molar-refractivity contribution in [3.8, 4) is 5.75 Å². The summed E-state index contributed by atoms with van der Waals surface area (Å²) in [7, 11) is 1.77. The number of likely N-dealkylation sites (tertiary alicyclic amines) is 1. The Bertz CT molecular complexity index is 462. The highest BCUT2D eigenvalue weighted by Gasteiger charge is 2.30. The Balaban J connectivity index is 2.11. The monoisotopic (exact) mass is 250 g/mol. The van der Waals surface area contributed by atoms with Gasteiger partial charge in [-0.2, -0.15) is 0 Å². The first-order valence-corrected chi connectivity index (χ1v) is 5.80. The van der Waals surface area contributed by atoms with Gasteiger partial charge in [-0.25, -0.2) is 0 Å². The molecule has 1 aliphatic heterocycles. The molecule has 1 fully saturated rings. The lowest BCUT2D eigenvalue weighted by atomic mass is 10.2. The molecule has 1 amide bonds. The Morgan fingerprint density at radius 2 is 2.35 bits per heavy atom. The number of hydrogen-bond acceptors (Lipinski definition) is 3. The predicted molar refractivity (Wildman–Crippen MR) is 69.0 cm³/mol. The van der Waals surface area contributed by atoms with E-state index in [9.17, 15) is 4.79 Å². The molecule has 1 atom stereocenters. The number of amides is 1. The molecule has 90 valence electrons. The van der Waals surface area contributed by atoms with Gasteiger partial charge in [-0.1, -0.05) is 24.4 Å². The van der Waals surface area contributed by atoms with E-state index >= 15 is 0 Å². The van der Waals surface area contributed by atoms with Gasteiger partial charge in [0.05, 0.1) is 0 Å². The highest BCUT2D eigenvalue weighted by molar-refractivity contribution is 7.80. The lowest BCUT2D eigenvalue weighted by Gasteiger charge is -2.13. The molecule has 1 aliphatic rings. The number of hydrogen-bond donors (Lipinski definition) is 1. The van der Waals surface area contributed by atoms with Crippen LogP contribution in [-0.2, 0) is 4.79 Å². The van der Waals surface area contributed by atoms with E-state index in [4.69, 9.17) is 22.7 Å². The summed E-state index contributed by atoms with van der Waals surface area (Å²) in [4.78, 5) is 13.7. The van der Waals surface area contributed by atoms with Crippen LogP contribution >= 0.6 is 12.2 Å². The van der Waals surface area contributed by atoms with Gasteiger partial charge in [0.1, 0.15) is 10.7 Å². The van der Waals surface area contributed by atoms with Gasteiger partial charge in [0.15, 0.2) is 6.10 Å². The molecule has 1 aromatic carbocycles. The number of nitrogens with two attached hydrogens (primary N) is 1. The van der Waals surface area contributed by atoms with Crippen molar-refractivity contribution in [1.82, 2.24) is 4.90 Å². The summed E-state index contributed by atoms with van der Waals surface area (Å²) in [5, 5.41) is 0. The van der Waals surface area contributed by atoms with Gasteiger partial charge in [0, 0.05) is 25.6 Å². The van der Waals surface area contributed by atoms with Crippen LogP contribution in [0.3, 0.4) is 0 Å². The van der Waals surface area contributed by atoms with Crippen LogP contribution in [0.25, 0.3) is 0 Å². The molecule has 2 N–H and O–H groups in total. The number of thiocarbonyl (C=S) groups is 1. The minimum Gasteiger partial charge on any atom is -0.481 e. The minimum absolute atomic E-state index is 0.0192. The number of carbonyl (C=O) groups excluding carboxylic acids is 1. The third-order valence-corrected chi connectivity index (χ3v) is 3.01. The highest BCUT2D eigenvalue weighted by Crippen LogP contribution is 2.19. The van der Waals surface area contributed by atoms with E-state index in [1.54, 1.807) is 24.1 Å². The molecule has 0 radical (unpaired) electrons. The number of rotatable bonds is 3. The van der Waals surface area contributed by atoms with Crippen LogP contribution in [-0.4, -0.2) is 35.5 Å². The fourth-order valence-electron chi connectivity index (χ4n) is 1.79. The Hall–Kier alpha value is -1.62. The zero-order chi connectivity index (χ0) is 12.4. The van der Waals surface area contributed by atoms with Crippen molar-refractivity contribution in [2.45, 2.75) is 12.5 Å². The van der Waals surface area contributed by atoms with Crippen LogP contribution in [0.4, 0.5) is 0 Å². The van der Waals surface area contributed by atoms with Crippen molar-refractivity contribution in [1.29, 1.82) is 0 Å². The third-order valence-electron chi connectivity index (χ3n) is 2.78. The SMILES string of the molecule is CN1CCC(Oc2cccc(C(N)=S)c2)C1=O. The number of benzene rings is 1. The standard InChI is InChI=1S/C12H14N2O2S/c1-14-6-5-10(12(14)15)16-9-4-2-3-8(7-9)11(13)17/h2-4,7,10H,5-6H2,1H3,(H2,13,17). The zero-order valence-corrected chi connectivity index (χ0v) is 10.4. The fraction of sp³-hybridized carbons (Fsp3) is 0.333. The van der Waals surface area contributed by atoms with Crippen molar-refractivity contribution in [3.63, 3.8) is 0 Å². The largest absolute Gasteiger partial charge is 0.481 e. The first-order chi connectivity index (χ1) is 8.08. The molecule has 0 spiro atoms. The first-order valence-electron chi connectivity index (χ1n) is 5.39. The van der Waals surface area contributed by atoms with Gasteiger partial charge < -0.3 is 15.4 Å². The first kappa shape index (κ1) is 11.9. The Labute approximate surface area is 105 Å². The topological polar surface area (TPSA) is 55.6 Å². The van der Waals surface area contributed by atoms with Crippen LogP contribution in [0.5, 0.6) is 5.75 Å². The Kier molecular flexibility index (Phi) is 3.28. The number of likely N-dealkylation sites (N-methyl/N-ethyl adjacent to an activating group) is 1. The van der Waals surface area contributed by atoms with E-state index in [0.29, 0.717) is 17.2 Å². The molecular weight excluding hydrogens is 236 g/mol. The molecule has 17 heavy (non-hydrogen) atoms. The van der Waals surface area contributed by atoms with E-state index in [-0.39, 0.29) is 12.0 Å². The maximum absolute atomic E-state index is 11.7. The molecule has 2 rings (SSSR count). The quantitative estimate of drug-likeness (QED) is 0.811. The Morgan fingerprint density at radius 1 is 1.59 bits per heavy atom. The summed E-state index contributed by atoms with van der Waals surface area (Å²) in [5.74, 6) is 0.648. The second kappa shape index (κ2) is 4.71. The second-order valence-electron chi connectivity index (χ2n) is 4.05. The molecular formula is C12H14N2O2S. The van der Waals surface area contributed by atoms with Gasteiger partial charge in [-0.3, -0.25) is 4.79 Å². The van der Waals surface area contributed by atoms with Gasteiger partial charge in [-0.05, 0) is 12.1 Å². The highest BCUT2D eigenvalue weighted by atomic mass is 32.1. The van der Waals surface area contributed by atoms with Gasteiger partial charge in [0.25, 0.3) is 5.91 Å². The minimum atomic E-state index is -0.387. The lowest BCUT2D eigenvalue weighted by Crippen LogP contribution is -2.29. The molecule has 1 aromatic rings. The van der Waals surface area contributed by atoms with E-state index in [1.807, 2.05) is 12.1 Å². The number of ether oxygens (including phenoxy) is 1. The molecule has 0 aromatic heterocycles. The van der Waals surface area contributed by atoms with E-state index in [2.05, 4.69) is 0 Å². The molecule has 0 aliphatic carbocycles. The van der Waals surface area contributed by atoms with Crippen molar-refractivity contribution in [2.24, 2.45) is 5.73 Å². The maximum Gasteiger partial charge on any atom is 0.263 e. The summed E-state index contributed by atoms with van der Waals surface area (Å²) in [6.07, 6.45) is 0.328. The van der Waals surface area contributed by atoms with Crippen molar-refractivity contribution in [3.05, 3.63) is 29.8 Å². The lowest BCUT2D eigenvalue weighted by molar-refractivity contribution is -0.132. The van der Waals surface area contributed by atoms with Crippen LogP contribution in [0.15, 0.2) is 24.3 Å². The summed E-state index contributed by atoms with van der Waals surface area (Å²) in [6.45, 7) is 0.735. The molecule has 0 saturated carbocycles. The normalized spacial score (nSPS) is 19.5. The fourth-order valence-corrected chi connectivity index (χ4v) is 1.91. The average molecular weight is 250 g/mol.